The number of hydrogen-bond acceptors (Lipinski definition) is 6. The van der Waals surface area contributed by atoms with Crippen molar-refractivity contribution in [2.75, 3.05) is 19.6 Å². The van der Waals surface area contributed by atoms with Gasteiger partial charge in [0.1, 0.15) is 12.2 Å². The molecule has 0 unspecified atom stereocenters. The topological polar surface area (TPSA) is 79.3 Å². The van der Waals surface area contributed by atoms with Crippen molar-refractivity contribution in [1.29, 1.82) is 0 Å². The standard InChI is InChI=1S/C21H28N2O5/c1-12-13(5-6-14-15(12)11-27-19(14)25)18(24)10-22-7-8-23(17-9-16(17)22)20(26)28-21(2,3)4/h5-6,16-18,24H,7-11H2,1-4H3/t16-,17-,18+/m1/s1. The normalized spacial score (nSPS) is 25.0. The van der Waals surface area contributed by atoms with Crippen molar-refractivity contribution < 1.29 is 24.2 Å². The first-order valence-electron chi connectivity index (χ1n) is 9.87. The maximum absolute atomic E-state index is 12.4. The van der Waals surface area contributed by atoms with E-state index in [9.17, 15) is 14.7 Å². The van der Waals surface area contributed by atoms with Crippen LogP contribution in [-0.2, 0) is 16.1 Å². The van der Waals surface area contributed by atoms with Gasteiger partial charge in [-0.2, -0.15) is 0 Å². The molecule has 7 heteroatoms. The zero-order valence-electron chi connectivity index (χ0n) is 16.9. The van der Waals surface area contributed by atoms with Crippen molar-refractivity contribution >= 4 is 12.1 Å². The number of β-amino-alcohol motifs (C(OH)–C–C–N with tert-alkyl or cyclic N) is 1. The van der Waals surface area contributed by atoms with Crippen LogP contribution in [0.25, 0.3) is 0 Å². The minimum absolute atomic E-state index is 0.169. The molecule has 2 fully saturated rings. The summed E-state index contributed by atoms with van der Waals surface area (Å²) < 4.78 is 10.6. The fraction of sp³-hybridized carbons (Fsp3) is 0.619. The molecule has 0 aromatic heterocycles. The molecule has 1 aromatic carbocycles. The molecule has 0 bridgehead atoms. The second-order valence-electron chi connectivity index (χ2n) is 8.94. The molecule has 7 nitrogen and oxygen atoms in total. The second-order valence-corrected chi connectivity index (χ2v) is 8.94. The molecule has 4 rings (SSSR count). The highest BCUT2D eigenvalue weighted by atomic mass is 16.6. The van der Waals surface area contributed by atoms with Crippen LogP contribution in [0.5, 0.6) is 0 Å². The van der Waals surface area contributed by atoms with Gasteiger partial charge in [0.2, 0.25) is 0 Å². The van der Waals surface area contributed by atoms with Crippen LogP contribution in [0.2, 0.25) is 0 Å². The molecule has 1 aliphatic carbocycles. The lowest BCUT2D eigenvalue weighted by Gasteiger charge is -2.36. The lowest BCUT2D eigenvalue weighted by atomic mass is 9.95. The van der Waals surface area contributed by atoms with Gasteiger partial charge in [-0.1, -0.05) is 6.07 Å². The summed E-state index contributed by atoms with van der Waals surface area (Å²) in [6.45, 7) is 9.66. The van der Waals surface area contributed by atoms with Crippen LogP contribution in [0, 0.1) is 6.92 Å². The van der Waals surface area contributed by atoms with Gasteiger partial charge in [-0.3, -0.25) is 4.90 Å². The number of hydrogen-bond donors (Lipinski definition) is 1. The van der Waals surface area contributed by atoms with E-state index < -0.39 is 11.7 Å². The van der Waals surface area contributed by atoms with Gasteiger partial charge in [0.15, 0.2) is 0 Å². The number of piperazine rings is 1. The molecule has 1 N–H and O–H groups in total. The Kier molecular flexibility index (Phi) is 4.62. The quantitative estimate of drug-likeness (QED) is 0.801. The summed E-state index contributed by atoms with van der Waals surface area (Å²) in [6.07, 6.45) is 0.0203. The summed E-state index contributed by atoms with van der Waals surface area (Å²) >= 11 is 0. The van der Waals surface area contributed by atoms with Crippen molar-refractivity contribution in [3.63, 3.8) is 0 Å². The average Bonchev–Trinajstić information content (AvgIpc) is 3.31. The molecular weight excluding hydrogens is 360 g/mol. The summed E-state index contributed by atoms with van der Waals surface area (Å²) in [6, 6.07) is 4.02. The van der Waals surface area contributed by atoms with Gasteiger partial charge >= 0.3 is 12.1 Å². The summed E-state index contributed by atoms with van der Waals surface area (Å²) in [4.78, 5) is 28.2. The highest BCUT2D eigenvalue weighted by molar-refractivity contribution is 5.93. The largest absolute Gasteiger partial charge is 0.457 e. The van der Waals surface area contributed by atoms with E-state index in [-0.39, 0.29) is 30.8 Å². The van der Waals surface area contributed by atoms with E-state index in [1.807, 2.05) is 38.7 Å². The number of cyclic esters (lactones) is 1. The SMILES string of the molecule is Cc1c([C@@H](O)CN2CCN(C(=O)OC(C)(C)C)[C@@H]3C[C@H]32)ccc2c1COC2=O. The third-order valence-electron chi connectivity index (χ3n) is 5.82. The Morgan fingerprint density at radius 3 is 2.79 bits per heavy atom. The van der Waals surface area contributed by atoms with Gasteiger partial charge in [-0.05, 0) is 51.3 Å². The number of carbonyl (C=O) groups is 2. The van der Waals surface area contributed by atoms with E-state index >= 15 is 0 Å². The van der Waals surface area contributed by atoms with E-state index in [2.05, 4.69) is 4.90 Å². The second kappa shape index (κ2) is 6.74. The first-order chi connectivity index (χ1) is 13.2. The molecule has 1 saturated carbocycles. The monoisotopic (exact) mass is 388 g/mol. The number of fused-ring (bicyclic) bond motifs is 2. The number of aliphatic hydroxyl groups is 1. The van der Waals surface area contributed by atoms with Gasteiger partial charge in [0.25, 0.3) is 0 Å². The molecule has 2 heterocycles. The highest BCUT2D eigenvalue weighted by Crippen LogP contribution is 2.39. The maximum atomic E-state index is 12.4. The van der Waals surface area contributed by atoms with Gasteiger partial charge in [0, 0.05) is 31.2 Å². The third kappa shape index (κ3) is 3.49. The number of ether oxygens (including phenoxy) is 2. The minimum Gasteiger partial charge on any atom is -0.457 e. The molecule has 0 radical (unpaired) electrons. The molecule has 3 atom stereocenters. The molecule has 3 aliphatic rings. The van der Waals surface area contributed by atoms with E-state index in [1.165, 1.54) is 0 Å². The van der Waals surface area contributed by atoms with E-state index in [0.29, 0.717) is 25.2 Å². The van der Waals surface area contributed by atoms with Crippen molar-refractivity contribution in [3.05, 3.63) is 34.4 Å². The Bertz CT molecular complexity index is 816. The van der Waals surface area contributed by atoms with E-state index in [1.54, 1.807) is 6.07 Å². The summed E-state index contributed by atoms with van der Waals surface area (Å²) in [5.74, 6) is -0.293. The van der Waals surface area contributed by atoms with E-state index in [0.717, 1.165) is 23.1 Å². The molecule has 152 valence electrons. The number of nitrogens with zero attached hydrogens (tertiary/aromatic N) is 2. The fourth-order valence-corrected chi connectivity index (χ4v) is 4.29. The number of amides is 1. The molecule has 1 saturated heterocycles. The summed E-state index contributed by atoms with van der Waals surface area (Å²) in [5.41, 5.74) is 2.74. The van der Waals surface area contributed by atoms with Gasteiger partial charge in [-0.25, -0.2) is 9.59 Å². The van der Waals surface area contributed by atoms with Crippen molar-refractivity contribution in [2.45, 2.75) is 64.5 Å². The number of rotatable bonds is 3. The third-order valence-corrected chi connectivity index (χ3v) is 5.82. The fourth-order valence-electron chi connectivity index (χ4n) is 4.29. The zero-order chi connectivity index (χ0) is 20.2. The number of carbonyl (C=O) groups excluding carboxylic acids is 2. The van der Waals surface area contributed by atoms with Gasteiger partial charge in [-0.15, -0.1) is 0 Å². The van der Waals surface area contributed by atoms with Crippen molar-refractivity contribution in [2.24, 2.45) is 0 Å². The molecule has 2 aliphatic heterocycles. The van der Waals surface area contributed by atoms with Crippen LogP contribution in [0.15, 0.2) is 12.1 Å². The minimum atomic E-state index is -0.643. The summed E-state index contributed by atoms with van der Waals surface area (Å²) in [5, 5.41) is 10.8. The van der Waals surface area contributed by atoms with Crippen LogP contribution >= 0.6 is 0 Å². The maximum Gasteiger partial charge on any atom is 0.410 e. The van der Waals surface area contributed by atoms with Crippen molar-refractivity contribution in [3.8, 4) is 0 Å². The molecule has 1 amide bonds. The van der Waals surface area contributed by atoms with Crippen LogP contribution in [0.1, 0.15) is 60.3 Å². The lowest BCUT2D eigenvalue weighted by molar-refractivity contribution is 0.00881. The summed E-state index contributed by atoms with van der Waals surface area (Å²) in [7, 11) is 0. The zero-order valence-corrected chi connectivity index (χ0v) is 16.9. The molecule has 0 spiro atoms. The first kappa shape index (κ1) is 19.2. The Labute approximate surface area is 165 Å². The predicted octanol–water partition coefficient (Wildman–Crippen LogP) is 2.39. The Balaban J connectivity index is 1.40. The first-order valence-corrected chi connectivity index (χ1v) is 9.87. The van der Waals surface area contributed by atoms with Crippen LogP contribution in [0.4, 0.5) is 4.79 Å². The van der Waals surface area contributed by atoms with Crippen LogP contribution in [0.3, 0.4) is 0 Å². The average molecular weight is 388 g/mol. The highest BCUT2D eigenvalue weighted by Gasteiger charge is 2.51. The van der Waals surface area contributed by atoms with Crippen molar-refractivity contribution in [1.82, 2.24) is 9.80 Å². The molecule has 28 heavy (non-hydrogen) atoms. The van der Waals surface area contributed by atoms with Crippen LogP contribution < -0.4 is 0 Å². The van der Waals surface area contributed by atoms with E-state index in [4.69, 9.17) is 9.47 Å². The Hall–Kier alpha value is -2.12. The predicted molar refractivity (Wildman–Crippen MR) is 102 cm³/mol. The Morgan fingerprint density at radius 1 is 1.32 bits per heavy atom. The van der Waals surface area contributed by atoms with Gasteiger partial charge < -0.3 is 19.5 Å². The smallest absolute Gasteiger partial charge is 0.410 e. The number of aliphatic hydroxyl groups excluding tert-OH is 1. The van der Waals surface area contributed by atoms with Gasteiger partial charge in [0.05, 0.1) is 17.7 Å². The molecular formula is C21H28N2O5. The Morgan fingerprint density at radius 2 is 2.07 bits per heavy atom. The lowest BCUT2D eigenvalue weighted by Crippen LogP contribution is -2.50. The number of benzene rings is 1. The van der Waals surface area contributed by atoms with Crippen LogP contribution in [-0.4, -0.2) is 64.3 Å². The molecule has 1 aromatic rings. The number of esters is 1.